The van der Waals surface area contributed by atoms with Crippen molar-refractivity contribution >= 4 is 22.9 Å². The molecule has 1 aromatic heterocycles. The fourth-order valence-electron chi connectivity index (χ4n) is 2.05. The van der Waals surface area contributed by atoms with E-state index in [0.29, 0.717) is 23.5 Å². The topological polar surface area (TPSA) is 64.4 Å². The molecule has 3 N–H and O–H groups in total. The molecule has 0 bridgehead atoms. The largest absolute Gasteiger partial charge is 0.494 e. The van der Waals surface area contributed by atoms with Crippen LogP contribution >= 0.6 is 11.3 Å². The van der Waals surface area contributed by atoms with Gasteiger partial charge in [0.25, 0.3) is 5.91 Å². The highest BCUT2D eigenvalue weighted by Crippen LogP contribution is 2.26. The summed E-state index contributed by atoms with van der Waals surface area (Å²) in [7, 11) is 1.51. The van der Waals surface area contributed by atoms with Gasteiger partial charge in [0.1, 0.15) is 0 Å². The molecular weight excluding hydrogens is 272 g/mol. The SMILES string of the molecule is CCc1ccsc1CNC(=O)c1cccc(N)c1OC. The van der Waals surface area contributed by atoms with E-state index in [1.807, 2.05) is 5.38 Å². The second kappa shape index (κ2) is 6.43. The van der Waals surface area contributed by atoms with Crippen LogP contribution in [-0.4, -0.2) is 13.0 Å². The van der Waals surface area contributed by atoms with Crippen molar-refractivity contribution in [1.29, 1.82) is 0 Å². The predicted octanol–water partition coefficient (Wildman–Crippen LogP) is 2.83. The molecule has 0 aliphatic heterocycles. The molecule has 1 aromatic carbocycles. The van der Waals surface area contributed by atoms with Crippen molar-refractivity contribution < 1.29 is 9.53 Å². The first-order chi connectivity index (χ1) is 9.67. The van der Waals surface area contributed by atoms with Crippen LogP contribution in [0.2, 0.25) is 0 Å². The van der Waals surface area contributed by atoms with Gasteiger partial charge in [0.05, 0.1) is 24.9 Å². The van der Waals surface area contributed by atoms with Crippen molar-refractivity contribution in [1.82, 2.24) is 5.32 Å². The van der Waals surface area contributed by atoms with Crippen molar-refractivity contribution in [3.05, 3.63) is 45.6 Å². The molecule has 20 heavy (non-hydrogen) atoms. The number of nitrogen functional groups attached to an aromatic ring is 1. The first-order valence-corrected chi connectivity index (χ1v) is 7.31. The maximum Gasteiger partial charge on any atom is 0.255 e. The number of benzene rings is 1. The molecule has 0 radical (unpaired) electrons. The molecule has 5 heteroatoms. The van der Waals surface area contributed by atoms with Gasteiger partial charge < -0.3 is 15.8 Å². The van der Waals surface area contributed by atoms with Crippen LogP contribution in [0.5, 0.6) is 5.75 Å². The van der Waals surface area contributed by atoms with Gasteiger partial charge >= 0.3 is 0 Å². The third-order valence-electron chi connectivity index (χ3n) is 3.12. The number of carbonyl (C=O) groups is 1. The van der Waals surface area contributed by atoms with E-state index in [0.717, 1.165) is 6.42 Å². The Bertz CT molecular complexity index is 608. The molecule has 2 rings (SSSR count). The normalized spacial score (nSPS) is 10.3. The number of nitrogens with two attached hydrogens (primary N) is 1. The number of rotatable bonds is 5. The number of para-hydroxylation sites is 1. The summed E-state index contributed by atoms with van der Waals surface area (Å²) in [5.41, 5.74) is 8.00. The van der Waals surface area contributed by atoms with Gasteiger partial charge in [-0.2, -0.15) is 0 Å². The highest BCUT2D eigenvalue weighted by molar-refractivity contribution is 7.10. The Hall–Kier alpha value is -2.01. The third kappa shape index (κ3) is 2.93. The maximum atomic E-state index is 12.2. The summed E-state index contributed by atoms with van der Waals surface area (Å²) in [4.78, 5) is 13.4. The van der Waals surface area contributed by atoms with Gasteiger partial charge in [-0.15, -0.1) is 11.3 Å². The van der Waals surface area contributed by atoms with E-state index in [1.54, 1.807) is 29.5 Å². The van der Waals surface area contributed by atoms with Gasteiger partial charge in [-0.3, -0.25) is 4.79 Å². The zero-order chi connectivity index (χ0) is 14.5. The Morgan fingerprint density at radius 3 is 2.90 bits per heavy atom. The first-order valence-electron chi connectivity index (χ1n) is 6.43. The van der Waals surface area contributed by atoms with Crippen LogP contribution in [0.25, 0.3) is 0 Å². The predicted molar refractivity (Wildman–Crippen MR) is 82.3 cm³/mol. The number of aryl methyl sites for hydroxylation is 1. The fraction of sp³-hybridized carbons (Fsp3) is 0.267. The molecule has 0 spiro atoms. The van der Waals surface area contributed by atoms with Crippen molar-refractivity contribution in [3.63, 3.8) is 0 Å². The molecule has 0 fully saturated rings. The lowest BCUT2D eigenvalue weighted by Crippen LogP contribution is -2.23. The van der Waals surface area contributed by atoms with Crippen molar-refractivity contribution in [2.75, 3.05) is 12.8 Å². The average molecular weight is 290 g/mol. The van der Waals surface area contributed by atoms with E-state index in [9.17, 15) is 4.79 Å². The van der Waals surface area contributed by atoms with Crippen LogP contribution < -0.4 is 15.8 Å². The monoisotopic (exact) mass is 290 g/mol. The number of methoxy groups -OCH3 is 1. The zero-order valence-corrected chi connectivity index (χ0v) is 12.4. The molecule has 0 unspecified atom stereocenters. The van der Waals surface area contributed by atoms with Gasteiger partial charge in [-0.05, 0) is 35.6 Å². The van der Waals surface area contributed by atoms with Crippen LogP contribution in [0.15, 0.2) is 29.6 Å². The van der Waals surface area contributed by atoms with Crippen molar-refractivity contribution in [2.24, 2.45) is 0 Å². The number of anilines is 1. The quantitative estimate of drug-likeness (QED) is 0.832. The lowest BCUT2D eigenvalue weighted by Gasteiger charge is -2.11. The molecule has 4 nitrogen and oxygen atoms in total. The lowest BCUT2D eigenvalue weighted by molar-refractivity contribution is 0.0948. The summed E-state index contributed by atoms with van der Waals surface area (Å²) < 4.78 is 5.20. The minimum absolute atomic E-state index is 0.176. The van der Waals surface area contributed by atoms with E-state index in [1.165, 1.54) is 17.6 Å². The van der Waals surface area contributed by atoms with Crippen LogP contribution in [0.3, 0.4) is 0 Å². The molecule has 1 amide bonds. The Morgan fingerprint density at radius 2 is 2.20 bits per heavy atom. The van der Waals surface area contributed by atoms with Gasteiger partial charge in [0.15, 0.2) is 5.75 Å². The molecule has 106 valence electrons. The summed E-state index contributed by atoms with van der Waals surface area (Å²) in [6.45, 7) is 2.63. The number of amides is 1. The summed E-state index contributed by atoms with van der Waals surface area (Å²) in [5.74, 6) is 0.247. The first kappa shape index (κ1) is 14.4. The van der Waals surface area contributed by atoms with E-state index < -0.39 is 0 Å². The minimum Gasteiger partial charge on any atom is -0.494 e. The molecule has 0 saturated heterocycles. The molecule has 0 saturated carbocycles. The number of hydrogen-bond donors (Lipinski definition) is 2. The number of hydrogen-bond acceptors (Lipinski definition) is 4. The highest BCUT2D eigenvalue weighted by Gasteiger charge is 2.14. The second-order valence-electron chi connectivity index (χ2n) is 4.33. The van der Waals surface area contributed by atoms with E-state index in [2.05, 4.69) is 18.3 Å². The van der Waals surface area contributed by atoms with Crippen molar-refractivity contribution in [3.8, 4) is 5.75 Å². The number of carbonyl (C=O) groups excluding carboxylic acids is 1. The summed E-state index contributed by atoms with van der Waals surface area (Å²) in [5, 5.41) is 4.96. The molecule has 0 aliphatic carbocycles. The molecule has 1 heterocycles. The van der Waals surface area contributed by atoms with Crippen LogP contribution in [0.1, 0.15) is 27.7 Å². The van der Waals surface area contributed by atoms with Gasteiger partial charge in [0, 0.05) is 4.88 Å². The molecule has 0 aliphatic rings. The highest BCUT2D eigenvalue weighted by atomic mass is 32.1. The standard InChI is InChI=1S/C15H18N2O2S/c1-3-10-7-8-20-13(10)9-17-15(18)11-5-4-6-12(16)14(11)19-2/h4-8H,3,9,16H2,1-2H3,(H,17,18). The Morgan fingerprint density at radius 1 is 1.40 bits per heavy atom. The van der Waals surface area contributed by atoms with Gasteiger partial charge in [-0.1, -0.05) is 13.0 Å². The number of thiophene rings is 1. The van der Waals surface area contributed by atoms with Gasteiger partial charge in [-0.25, -0.2) is 0 Å². The summed E-state index contributed by atoms with van der Waals surface area (Å²) >= 11 is 1.65. The second-order valence-corrected chi connectivity index (χ2v) is 5.33. The van der Waals surface area contributed by atoms with Gasteiger partial charge in [0.2, 0.25) is 0 Å². The fourth-order valence-corrected chi connectivity index (χ4v) is 2.97. The molecular formula is C15H18N2O2S. The maximum absolute atomic E-state index is 12.2. The van der Waals surface area contributed by atoms with Crippen LogP contribution in [0, 0.1) is 0 Å². The Balaban J connectivity index is 2.11. The molecule has 0 atom stereocenters. The van der Waals surface area contributed by atoms with E-state index in [4.69, 9.17) is 10.5 Å². The van der Waals surface area contributed by atoms with Crippen LogP contribution in [0.4, 0.5) is 5.69 Å². The van der Waals surface area contributed by atoms with Crippen LogP contribution in [-0.2, 0) is 13.0 Å². The lowest BCUT2D eigenvalue weighted by atomic mass is 10.1. The number of nitrogens with one attached hydrogen (secondary N) is 1. The zero-order valence-electron chi connectivity index (χ0n) is 11.6. The third-order valence-corrected chi connectivity index (χ3v) is 4.09. The van der Waals surface area contributed by atoms with E-state index >= 15 is 0 Å². The summed E-state index contributed by atoms with van der Waals surface area (Å²) in [6.07, 6.45) is 0.969. The summed E-state index contributed by atoms with van der Waals surface area (Å²) in [6, 6.07) is 7.26. The Kier molecular flexibility index (Phi) is 4.63. The van der Waals surface area contributed by atoms with Crippen molar-refractivity contribution in [2.45, 2.75) is 19.9 Å². The average Bonchev–Trinajstić information content (AvgIpc) is 2.91. The smallest absolute Gasteiger partial charge is 0.255 e. The minimum atomic E-state index is -0.176. The molecule has 2 aromatic rings. The number of ether oxygens (including phenoxy) is 1. The van der Waals surface area contributed by atoms with E-state index in [-0.39, 0.29) is 5.91 Å². The Labute approximate surface area is 122 Å².